The number of nitriles is 1. The van der Waals surface area contributed by atoms with Gasteiger partial charge in [0.15, 0.2) is 40.0 Å². The van der Waals surface area contributed by atoms with Crippen LogP contribution in [0.3, 0.4) is 0 Å². The van der Waals surface area contributed by atoms with Gasteiger partial charge in [-0.3, -0.25) is 24.7 Å². The maximum atomic E-state index is 15.1. The summed E-state index contributed by atoms with van der Waals surface area (Å²) >= 11 is 1.48. The second-order valence-electron chi connectivity index (χ2n) is 17.7. The Morgan fingerprint density at radius 1 is 0.984 bits per heavy atom. The van der Waals surface area contributed by atoms with Gasteiger partial charge in [-0.2, -0.15) is 5.26 Å². The molecular formula is C48H56N4O11S. The van der Waals surface area contributed by atoms with E-state index >= 15 is 4.79 Å². The third-order valence-corrected chi connectivity index (χ3v) is 15.6. The van der Waals surface area contributed by atoms with Crippen molar-refractivity contribution in [1.29, 1.82) is 5.26 Å². The molecule has 0 radical (unpaired) electrons. The highest BCUT2D eigenvalue weighted by Gasteiger charge is 2.62. The number of hydrogen-bond acceptors (Lipinski definition) is 16. The van der Waals surface area contributed by atoms with Crippen LogP contribution in [0.15, 0.2) is 18.2 Å². The Kier molecular flexibility index (Phi) is 11.9. The second-order valence-corrected chi connectivity index (χ2v) is 18.8. The predicted octanol–water partition coefficient (Wildman–Crippen LogP) is 6.55. The zero-order chi connectivity index (χ0) is 45.2. The average Bonchev–Trinajstić information content (AvgIpc) is 3.76. The number of thioether (sulfide) groups is 1. The number of carbonyl (C=O) groups is 3. The number of nitrogens with zero attached hydrogens (tertiary/aromatic N) is 3. The minimum atomic E-state index is -1.41. The normalized spacial score (nSPS) is 26.4. The molecule has 7 atom stereocenters. The number of likely N-dealkylation sites (N-methyl/N-ethyl adjacent to an activating group) is 1. The number of benzene rings is 3. The minimum Gasteiger partial charge on any atom is -0.504 e. The molecule has 7 aliphatic heterocycles. The standard InChI is InChI=1S/C48H56N4O11S/c1-8-9-10-11-12-13-35(54)63-34-18-27-14-15-50-48(29(27)19-33(34)57-6)22-64-46-38-37(45-44(60-23-61-45)25(3)43(38)62-26(4)53)32(21-59-47(48)56)52-31(20-49)30-17-28-16-24(2)42(58-7)41(55)36(28)39(40(46)52)51(30)5/h16,18-19,30-32,39-40,46,50,55H,8-15,17,21-23H2,1-7H3/t30-,31+,32-,39-,40?,46-,48-/m1/s1. The van der Waals surface area contributed by atoms with Gasteiger partial charge < -0.3 is 38.3 Å². The molecule has 1 spiro atoms. The summed E-state index contributed by atoms with van der Waals surface area (Å²) in [5.74, 6) is 0.961. The Bertz CT molecular complexity index is 2450. The van der Waals surface area contributed by atoms with Crippen LogP contribution in [0.25, 0.3) is 0 Å². The number of carbonyl (C=O) groups excluding carboxylic acids is 3. The fraction of sp³-hybridized carbons (Fsp3) is 0.542. The maximum Gasteiger partial charge on any atom is 0.331 e. The van der Waals surface area contributed by atoms with Gasteiger partial charge in [-0.15, -0.1) is 11.8 Å². The van der Waals surface area contributed by atoms with Crippen LogP contribution in [0.5, 0.6) is 40.2 Å². The van der Waals surface area contributed by atoms with Crippen LogP contribution in [-0.4, -0.2) is 97.9 Å². The van der Waals surface area contributed by atoms with Crippen LogP contribution in [0.4, 0.5) is 0 Å². The summed E-state index contributed by atoms with van der Waals surface area (Å²) in [4.78, 5) is 45.6. The predicted molar refractivity (Wildman–Crippen MR) is 235 cm³/mol. The van der Waals surface area contributed by atoms with Gasteiger partial charge in [-0.25, -0.2) is 4.79 Å². The lowest BCUT2D eigenvalue weighted by Crippen LogP contribution is -2.69. The fourth-order valence-electron chi connectivity index (χ4n) is 11.3. The van der Waals surface area contributed by atoms with E-state index < -0.39 is 46.9 Å². The lowest BCUT2D eigenvalue weighted by Gasteiger charge is -2.62. The number of rotatable bonds is 10. The first-order chi connectivity index (χ1) is 30.9. The Balaban J connectivity index is 1.21. The highest BCUT2D eigenvalue weighted by molar-refractivity contribution is 7.99. The maximum absolute atomic E-state index is 15.1. The van der Waals surface area contributed by atoms with Crippen molar-refractivity contribution in [1.82, 2.24) is 15.1 Å². The number of esters is 3. The molecule has 1 unspecified atom stereocenters. The summed E-state index contributed by atoms with van der Waals surface area (Å²) in [7, 11) is 5.04. The first kappa shape index (κ1) is 44.0. The lowest BCUT2D eigenvalue weighted by molar-refractivity contribution is -0.157. The Morgan fingerprint density at radius 2 is 1.77 bits per heavy atom. The Hall–Kier alpha value is -5.21. The molecule has 64 heavy (non-hydrogen) atoms. The SMILES string of the molecule is CCCCCCCC(=O)Oc1cc2c(cc1OC)[C@@]1(CS[C@@H]3c4c(OC(C)=O)c(C)c5c(c4[C@@H](COC1=O)N1C3[C@H]3c4c(cc(C)c(OC)c4O)C[C@H]([C@@H]1C#N)N3C)OCO5)NCC2. The van der Waals surface area contributed by atoms with Gasteiger partial charge in [-0.05, 0) is 74.5 Å². The van der Waals surface area contributed by atoms with Crippen LogP contribution in [-0.2, 0) is 37.5 Å². The molecular weight excluding hydrogens is 841 g/mol. The second kappa shape index (κ2) is 17.3. The molecule has 16 heteroatoms. The van der Waals surface area contributed by atoms with Crippen molar-refractivity contribution in [3.63, 3.8) is 0 Å². The van der Waals surface area contributed by atoms with Crippen molar-refractivity contribution < 1.29 is 52.6 Å². The topological polar surface area (TPSA) is 178 Å². The third-order valence-electron chi connectivity index (χ3n) is 14.1. The quantitative estimate of drug-likeness (QED) is 0.127. The van der Waals surface area contributed by atoms with E-state index in [4.69, 9.17) is 33.2 Å². The number of aromatic hydroxyl groups is 1. The van der Waals surface area contributed by atoms with Crippen molar-refractivity contribution >= 4 is 29.7 Å². The summed E-state index contributed by atoms with van der Waals surface area (Å²) in [6.07, 6.45) is 6.29. The van der Waals surface area contributed by atoms with Crippen molar-refractivity contribution in [2.75, 3.05) is 47.0 Å². The van der Waals surface area contributed by atoms with E-state index in [1.165, 1.54) is 32.9 Å². The number of nitrogens with one attached hydrogen (secondary N) is 1. The summed E-state index contributed by atoms with van der Waals surface area (Å²) < 4.78 is 42.6. The number of phenols is 1. The molecule has 2 saturated heterocycles. The van der Waals surface area contributed by atoms with Gasteiger partial charge >= 0.3 is 17.9 Å². The molecule has 10 rings (SSSR count). The molecule has 3 aromatic carbocycles. The van der Waals surface area contributed by atoms with Gasteiger partial charge in [0.05, 0.1) is 37.6 Å². The molecule has 0 saturated carbocycles. The van der Waals surface area contributed by atoms with Gasteiger partial charge in [-0.1, -0.05) is 38.7 Å². The first-order valence-corrected chi connectivity index (χ1v) is 23.3. The molecule has 15 nitrogen and oxygen atoms in total. The molecule has 3 aromatic rings. The largest absolute Gasteiger partial charge is 0.504 e. The van der Waals surface area contributed by atoms with Crippen LogP contribution < -0.4 is 33.7 Å². The number of phenolic OH excluding ortho intramolecular Hbond substituents is 1. The zero-order valence-corrected chi connectivity index (χ0v) is 38.3. The van der Waals surface area contributed by atoms with E-state index in [1.807, 2.05) is 27.0 Å². The molecule has 2 fully saturated rings. The molecule has 0 aliphatic carbocycles. The summed E-state index contributed by atoms with van der Waals surface area (Å²) in [6, 6.07) is 5.43. The molecule has 4 bridgehead atoms. The fourth-order valence-corrected chi connectivity index (χ4v) is 13.0. The number of aryl methyl sites for hydroxylation is 1. The van der Waals surface area contributed by atoms with Gasteiger partial charge in [0, 0.05) is 60.0 Å². The van der Waals surface area contributed by atoms with Gasteiger partial charge in [0.25, 0.3) is 0 Å². The van der Waals surface area contributed by atoms with Crippen molar-refractivity contribution in [3.8, 4) is 46.3 Å². The molecule has 2 N–H and O–H groups in total. The number of unbranched alkanes of at least 4 members (excludes halogenated alkanes) is 4. The zero-order valence-electron chi connectivity index (χ0n) is 37.5. The highest BCUT2D eigenvalue weighted by atomic mass is 32.2. The van der Waals surface area contributed by atoms with Crippen molar-refractivity contribution in [2.45, 2.75) is 120 Å². The van der Waals surface area contributed by atoms with Gasteiger partial charge in [0.2, 0.25) is 6.79 Å². The highest BCUT2D eigenvalue weighted by Crippen LogP contribution is 2.64. The molecule has 7 heterocycles. The van der Waals surface area contributed by atoms with Crippen LogP contribution >= 0.6 is 11.8 Å². The van der Waals surface area contributed by atoms with E-state index in [1.54, 1.807) is 12.1 Å². The van der Waals surface area contributed by atoms with E-state index in [0.717, 1.165) is 48.8 Å². The number of piperazine rings is 1. The number of fused-ring (bicyclic) bond motifs is 9. The molecule has 0 amide bonds. The minimum absolute atomic E-state index is 0.0364. The summed E-state index contributed by atoms with van der Waals surface area (Å²) in [5.41, 5.74) is 4.35. The van der Waals surface area contributed by atoms with E-state index in [9.17, 15) is 20.0 Å². The Morgan fingerprint density at radius 3 is 2.50 bits per heavy atom. The van der Waals surface area contributed by atoms with Crippen LogP contribution in [0, 0.1) is 25.2 Å². The van der Waals surface area contributed by atoms with Crippen LogP contribution in [0.1, 0.15) is 114 Å². The molecule has 7 aliphatic rings. The van der Waals surface area contributed by atoms with Gasteiger partial charge in [0.1, 0.15) is 18.4 Å². The molecule has 0 aromatic heterocycles. The van der Waals surface area contributed by atoms with Crippen LogP contribution in [0.2, 0.25) is 0 Å². The monoisotopic (exact) mass is 896 g/mol. The summed E-state index contributed by atoms with van der Waals surface area (Å²) in [6.45, 7) is 7.39. The smallest absolute Gasteiger partial charge is 0.331 e. The van der Waals surface area contributed by atoms with Crippen molar-refractivity contribution in [2.24, 2.45) is 0 Å². The average molecular weight is 897 g/mol. The van der Waals surface area contributed by atoms with Crippen molar-refractivity contribution in [3.05, 3.63) is 62.7 Å². The van der Waals surface area contributed by atoms with E-state index in [0.29, 0.717) is 81.7 Å². The van der Waals surface area contributed by atoms with E-state index in [-0.39, 0.29) is 43.3 Å². The third kappa shape index (κ3) is 6.92. The lowest BCUT2D eigenvalue weighted by atomic mass is 9.71. The van der Waals surface area contributed by atoms with E-state index in [2.05, 4.69) is 28.1 Å². The Labute approximate surface area is 377 Å². The number of methoxy groups -OCH3 is 2. The number of ether oxygens (including phenoxy) is 7. The molecule has 340 valence electrons. The first-order valence-electron chi connectivity index (χ1n) is 22.3. The number of hydrogen-bond donors (Lipinski definition) is 2. The summed E-state index contributed by atoms with van der Waals surface area (Å²) in [5, 5.41) is 26.4.